The number of nitrogens with zero attached hydrogens (tertiary/aromatic N) is 2. The number of carboxylic acid groups (broad SMARTS) is 1. The fraction of sp³-hybridized carbons (Fsp3) is 0.286. The van der Waals surface area contributed by atoms with Crippen molar-refractivity contribution >= 4 is 23.6 Å². The first-order valence-electron chi connectivity index (χ1n) is 6.68. The van der Waals surface area contributed by atoms with Crippen LogP contribution in [-0.4, -0.2) is 50.2 Å². The molecule has 8 heteroatoms. The number of hydrogen-bond acceptors (Lipinski definition) is 5. The lowest BCUT2D eigenvalue weighted by Crippen LogP contribution is -2.27. The number of aromatic nitrogens is 3. The van der Waals surface area contributed by atoms with Crippen molar-refractivity contribution in [3.05, 3.63) is 36.2 Å². The SMILES string of the molecule is O=C(O)CSCC(=O)NCCc1nc(-c2ccccc2)n[nH]1. The van der Waals surface area contributed by atoms with Gasteiger partial charge in [0.1, 0.15) is 5.82 Å². The normalized spacial score (nSPS) is 10.4. The molecule has 0 saturated carbocycles. The Kier molecular flexibility index (Phi) is 5.96. The Morgan fingerprint density at radius 3 is 2.73 bits per heavy atom. The van der Waals surface area contributed by atoms with Crippen LogP contribution in [0.15, 0.2) is 30.3 Å². The quantitative estimate of drug-likeness (QED) is 0.668. The van der Waals surface area contributed by atoms with Crippen molar-refractivity contribution in [2.45, 2.75) is 6.42 Å². The van der Waals surface area contributed by atoms with Crippen LogP contribution in [0.3, 0.4) is 0 Å². The molecule has 0 unspecified atom stereocenters. The highest BCUT2D eigenvalue weighted by Gasteiger charge is 2.07. The van der Waals surface area contributed by atoms with E-state index in [1.54, 1.807) is 0 Å². The Morgan fingerprint density at radius 2 is 2.00 bits per heavy atom. The minimum atomic E-state index is -0.923. The third kappa shape index (κ3) is 5.21. The van der Waals surface area contributed by atoms with Crippen molar-refractivity contribution in [3.63, 3.8) is 0 Å². The molecule has 2 rings (SSSR count). The molecule has 0 spiro atoms. The highest BCUT2D eigenvalue weighted by molar-refractivity contribution is 8.00. The lowest BCUT2D eigenvalue weighted by atomic mass is 10.2. The number of rotatable bonds is 8. The Hall–Kier alpha value is -2.35. The second-order valence-electron chi connectivity index (χ2n) is 4.46. The molecule has 0 saturated heterocycles. The molecule has 22 heavy (non-hydrogen) atoms. The zero-order valence-electron chi connectivity index (χ0n) is 11.8. The highest BCUT2D eigenvalue weighted by Crippen LogP contribution is 2.13. The molecular formula is C14H16N4O3S. The van der Waals surface area contributed by atoms with Crippen LogP contribution in [0, 0.1) is 0 Å². The van der Waals surface area contributed by atoms with Gasteiger partial charge < -0.3 is 10.4 Å². The van der Waals surface area contributed by atoms with Crippen LogP contribution in [0.4, 0.5) is 0 Å². The van der Waals surface area contributed by atoms with Gasteiger partial charge in [0, 0.05) is 18.5 Å². The number of carbonyl (C=O) groups is 2. The number of benzene rings is 1. The fourth-order valence-corrected chi connectivity index (χ4v) is 2.29. The molecule has 1 amide bonds. The van der Waals surface area contributed by atoms with Crippen LogP contribution in [-0.2, 0) is 16.0 Å². The molecule has 1 heterocycles. The Morgan fingerprint density at radius 1 is 1.23 bits per heavy atom. The van der Waals surface area contributed by atoms with Crippen molar-refractivity contribution < 1.29 is 14.7 Å². The molecule has 0 aliphatic heterocycles. The summed E-state index contributed by atoms with van der Waals surface area (Å²) in [6.07, 6.45) is 0.537. The summed E-state index contributed by atoms with van der Waals surface area (Å²) in [6.45, 7) is 0.426. The van der Waals surface area contributed by atoms with E-state index in [9.17, 15) is 9.59 Å². The van der Waals surface area contributed by atoms with Gasteiger partial charge in [-0.15, -0.1) is 11.8 Å². The highest BCUT2D eigenvalue weighted by atomic mass is 32.2. The smallest absolute Gasteiger partial charge is 0.313 e. The number of aromatic amines is 1. The summed E-state index contributed by atoms with van der Waals surface area (Å²) < 4.78 is 0. The van der Waals surface area contributed by atoms with E-state index in [0.29, 0.717) is 24.6 Å². The maximum Gasteiger partial charge on any atom is 0.313 e. The van der Waals surface area contributed by atoms with Gasteiger partial charge in [-0.25, -0.2) is 4.98 Å². The molecule has 0 radical (unpaired) electrons. The topological polar surface area (TPSA) is 108 Å². The van der Waals surface area contributed by atoms with Crippen LogP contribution in [0.25, 0.3) is 11.4 Å². The zero-order chi connectivity index (χ0) is 15.8. The summed E-state index contributed by atoms with van der Waals surface area (Å²) in [5.41, 5.74) is 0.930. The van der Waals surface area contributed by atoms with E-state index in [1.807, 2.05) is 30.3 Å². The van der Waals surface area contributed by atoms with Crippen LogP contribution in [0.1, 0.15) is 5.82 Å². The molecule has 0 atom stereocenters. The molecule has 1 aromatic heterocycles. The van der Waals surface area contributed by atoms with E-state index < -0.39 is 5.97 Å². The number of nitrogens with one attached hydrogen (secondary N) is 2. The largest absolute Gasteiger partial charge is 0.481 e. The summed E-state index contributed by atoms with van der Waals surface area (Å²) in [6, 6.07) is 9.61. The van der Waals surface area contributed by atoms with Crippen LogP contribution < -0.4 is 5.32 Å². The number of H-pyrrole nitrogens is 1. The van der Waals surface area contributed by atoms with Gasteiger partial charge in [0.2, 0.25) is 5.91 Å². The van der Waals surface area contributed by atoms with Gasteiger partial charge in [-0.1, -0.05) is 30.3 Å². The molecule has 2 aromatic rings. The van der Waals surface area contributed by atoms with Gasteiger partial charge in [-0.2, -0.15) is 5.10 Å². The van der Waals surface area contributed by atoms with E-state index in [1.165, 1.54) is 0 Å². The maximum atomic E-state index is 11.5. The summed E-state index contributed by atoms with van der Waals surface area (Å²) >= 11 is 1.07. The van der Waals surface area contributed by atoms with Crippen LogP contribution >= 0.6 is 11.8 Å². The van der Waals surface area contributed by atoms with Gasteiger partial charge in [-0.05, 0) is 0 Å². The van der Waals surface area contributed by atoms with Crippen LogP contribution in [0.2, 0.25) is 0 Å². The number of carboxylic acids is 1. The second-order valence-corrected chi connectivity index (χ2v) is 5.44. The molecule has 0 aliphatic rings. The standard InChI is InChI=1S/C14H16N4O3S/c19-12(8-22-9-13(20)21)15-7-6-11-16-14(18-17-11)10-4-2-1-3-5-10/h1-5H,6-9H2,(H,15,19)(H,20,21)(H,16,17,18). The van der Waals surface area contributed by atoms with E-state index in [4.69, 9.17) is 5.11 Å². The lowest BCUT2D eigenvalue weighted by Gasteiger charge is -2.02. The Labute approximate surface area is 131 Å². The van der Waals surface area contributed by atoms with Crippen molar-refractivity contribution in [2.75, 3.05) is 18.1 Å². The van der Waals surface area contributed by atoms with Gasteiger partial charge in [0.25, 0.3) is 0 Å². The van der Waals surface area contributed by atoms with Gasteiger partial charge in [0.05, 0.1) is 11.5 Å². The molecule has 0 aliphatic carbocycles. The second kappa shape index (κ2) is 8.18. The number of carbonyl (C=O) groups excluding carboxylic acids is 1. The summed E-state index contributed by atoms with van der Waals surface area (Å²) in [5, 5.41) is 18.2. The minimum absolute atomic E-state index is 0.0735. The van der Waals surface area contributed by atoms with Crippen molar-refractivity contribution in [3.8, 4) is 11.4 Å². The Balaban J connectivity index is 1.73. The van der Waals surface area contributed by atoms with Crippen molar-refractivity contribution in [1.82, 2.24) is 20.5 Å². The predicted molar refractivity (Wildman–Crippen MR) is 83.5 cm³/mol. The van der Waals surface area contributed by atoms with Crippen LogP contribution in [0.5, 0.6) is 0 Å². The average Bonchev–Trinajstić information content (AvgIpc) is 2.97. The molecule has 1 aromatic carbocycles. The summed E-state index contributed by atoms with van der Waals surface area (Å²) in [7, 11) is 0. The average molecular weight is 320 g/mol. The van der Waals surface area contributed by atoms with E-state index in [0.717, 1.165) is 17.3 Å². The zero-order valence-corrected chi connectivity index (χ0v) is 12.6. The summed E-state index contributed by atoms with van der Waals surface area (Å²) in [4.78, 5) is 26.2. The van der Waals surface area contributed by atoms with Gasteiger partial charge in [-0.3, -0.25) is 14.7 Å². The molecule has 116 valence electrons. The lowest BCUT2D eigenvalue weighted by molar-refractivity contribution is -0.133. The van der Waals surface area contributed by atoms with E-state index in [2.05, 4.69) is 20.5 Å². The first-order valence-corrected chi connectivity index (χ1v) is 7.83. The molecule has 3 N–H and O–H groups in total. The molecule has 7 nitrogen and oxygen atoms in total. The molecule has 0 fully saturated rings. The minimum Gasteiger partial charge on any atom is -0.481 e. The van der Waals surface area contributed by atoms with E-state index in [-0.39, 0.29) is 17.4 Å². The molecule has 0 bridgehead atoms. The Bertz CT molecular complexity index is 630. The first kappa shape index (κ1) is 16.0. The number of aliphatic carboxylic acids is 1. The van der Waals surface area contributed by atoms with E-state index >= 15 is 0 Å². The monoisotopic (exact) mass is 320 g/mol. The summed E-state index contributed by atoms with van der Waals surface area (Å²) in [5.74, 6) is 0.270. The number of amides is 1. The maximum absolute atomic E-state index is 11.5. The third-order valence-electron chi connectivity index (χ3n) is 2.71. The van der Waals surface area contributed by atoms with Gasteiger partial charge >= 0.3 is 5.97 Å². The third-order valence-corrected chi connectivity index (χ3v) is 3.62. The van der Waals surface area contributed by atoms with Crippen molar-refractivity contribution in [2.24, 2.45) is 0 Å². The fourth-order valence-electron chi connectivity index (χ4n) is 1.73. The molecular weight excluding hydrogens is 304 g/mol. The van der Waals surface area contributed by atoms with Gasteiger partial charge in [0.15, 0.2) is 5.82 Å². The predicted octanol–water partition coefficient (Wildman–Crippen LogP) is 0.948. The first-order chi connectivity index (χ1) is 10.6. The number of hydrogen-bond donors (Lipinski definition) is 3. The van der Waals surface area contributed by atoms with Crippen molar-refractivity contribution in [1.29, 1.82) is 0 Å². The number of thioether (sulfide) groups is 1.